The number of hydrogen-bond acceptors (Lipinski definition) is 3. The largest absolute Gasteiger partial charge is 0.359 e. The van der Waals surface area contributed by atoms with Gasteiger partial charge >= 0.3 is 0 Å². The van der Waals surface area contributed by atoms with Crippen molar-refractivity contribution < 1.29 is 9.59 Å². The Morgan fingerprint density at radius 1 is 1.28 bits per heavy atom. The maximum atomic E-state index is 13.2. The summed E-state index contributed by atoms with van der Waals surface area (Å²) in [7, 11) is 3.74. The number of rotatable bonds is 2. The van der Waals surface area contributed by atoms with Crippen LogP contribution >= 0.6 is 11.6 Å². The Labute approximate surface area is 154 Å². The van der Waals surface area contributed by atoms with Crippen LogP contribution in [-0.4, -0.2) is 61.4 Å². The molecule has 2 atom stereocenters. The molecule has 2 aliphatic rings. The van der Waals surface area contributed by atoms with Crippen LogP contribution in [0.2, 0.25) is 5.02 Å². The molecule has 0 bridgehead atoms. The van der Waals surface area contributed by atoms with Gasteiger partial charge in [0.1, 0.15) is 0 Å². The summed E-state index contributed by atoms with van der Waals surface area (Å²) < 4.78 is 0. The van der Waals surface area contributed by atoms with Gasteiger partial charge in [-0.1, -0.05) is 11.6 Å². The molecule has 0 unspecified atom stereocenters. The molecule has 2 saturated heterocycles. The number of piperidine rings is 2. The minimum Gasteiger partial charge on any atom is -0.359 e. The van der Waals surface area contributed by atoms with Crippen LogP contribution in [0.5, 0.6) is 0 Å². The zero-order valence-electron chi connectivity index (χ0n) is 15.1. The number of nitrogens with zero attached hydrogens (tertiary/aromatic N) is 2. The first kappa shape index (κ1) is 18.2. The van der Waals surface area contributed by atoms with Crippen LogP contribution in [0.25, 0.3) is 0 Å². The van der Waals surface area contributed by atoms with E-state index in [9.17, 15) is 9.59 Å². The molecule has 2 heterocycles. The predicted molar refractivity (Wildman–Crippen MR) is 98.9 cm³/mol. The molecule has 0 aliphatic carbocycles. The first-order valence-electron chi connectivity index (χ1n) is 8.87. The van der Waals surface area contributed by atoms with E-state index in [1.807, 2.05) is 17.9 Å². The quantitative estimate of drug-likeness (QED) is 0.877. The van der Waals surface area contributed by atoms with E-state index in [-0.39, 0.29) is 17.9 Å². The molecule has 2 aliphatic heterocycles. The Morgan fingerprint density at radius 3 is 2.72 bits per heavy atom. The van der Waals surface area contributed by atoms with Gasteiger partial charge in [0, 0.05) is 30.7 Å². The second-order valence-electron chi connectivity index (χ2n) is 7.33. The number of carbonyl (C=O) groups is 2. The van der Waals surface area contributed by atoms with Crippen LogP contribution in [0.1, 0.15) is 35.2 Å². The van der Waals surface area contributed by atoms with Crippen molar-refractivity contribution in [2.24, 2.45) is 5.41 Å². The molecule has 1 N–H and O–H groups in total. The fraction of sp³-hybridized carbons (Fsp3) is 0.579. The van der Waals surface area contributed by atoms with Crippen LogP contribution in [0, 0.1) is 12.3 Å². The van der Waals surface area contributed by atoms with E-state index in [0.29, 0.717) is 17.1 Å². The van der Waals surface area contributed by atoms with Crippen LogP contribution in [0.15, 0.2) is 18.2 Å². The summed E-state index contributed by atoms with van der Waals surface area (Å²) in [6, 6.07) is 5.30. The SMILES string of the molecule is CNC(=O)[C@@]12CCCN(C(=O)c3ccc(Cl)c(C)c3)[C@H]1CN(C)CC2. The van der Waals surface area contributed by atoms with Crippen molar-refractivity contribution in [3.63, 3.8) is 0 Å². The van der Waals surface area contributed by atoms with Gasteiger partial charge in [0.15, 0.2) is 0 Å². The smallest absolute Gasteiger partial charge is 0.254 e. The maximum absolute atomic E-state index is 13.2. The number of hydrogen-bond donors (Lipinski definition) is 1. The van der Waals surface area contributed by atoms with Crippen LogP contribution in [0.4, 0.5) is 0 Å². The molecular weight excluding hydrogens is 338 g/mol. The number of halogens is 1. The molecule has 0 aromatic heterocycles. The number of likely N-dealkylation sites (N-methyl/N-ethyl adjacent to an activating group) is 1. The molecule has 1 aromatic rings. The summed E-state index contributed by atoms with van der Waals surface area (Å²) in [5.74, 6) is 0.0587. The lowest BCUT2D eigenvalue weighted by atomic mass is 9.67. The molecule has 5 nitrogen and oxygen atoms in total. The Morgan fingerprint density at radius 2 is 2.04 bits per heavy atom. The maximum Gasteiger partial charge on any atom is 0.254 e. The third-order valence-electron chi connectivity index (χ3n) is 5.81. The van der Waals surface area contributed by atoms with Gasteiger partial charge in [0.2, 0.25) is 5.91 Å². The summed E-state index contributed by atoms with van der Waals surface area (Å²) in [4.78, 5) is 30.1. The topological polar surface area (TPSA) is 52.7 Å². The molecule has 2 fully saturated rings. The van der Waals surface area contributed by atoms with Crippen molar-refractivity contribution in [2.75, 3.05) is 33.7 Å². The molecule has 3 rings (SSSR count). The highest BCUT2D eigenvalue weighted by Gasteiger charge is 2.53. The standard InChI is InChI=1S/C19H26ClN3O2/c1-13-11-14(5-6-15(13)20)17(24)23-9-4-7-19(18(25)21-2)8-10-22(3)12-16(19)23/h5-6,11,16H,4,7-10,12H2,1-3H3,(H,21,25)/t16-,19+/m0/s1. The minimum atomic E-state index is -0.476. The Bertz CT molecular complexity index is 693. The van der Waals surface area contributed by atoms with Gasteiger partial charge in [-0.15, -0.1) is 0 Å². The van der Waals surface area contributed by atoms with Crippen molar-refractivity contribution in [3.8, 4) is 0 Å². The highest BCUT2D eigenvalue weighted by atomic mass is 35.5. The molecule has 1 aromatic carbocycles. The van der Waals surface area contributed by atoms with E-state index in [0.717, 1.165) is 37.9 Å². The summed E-state index contributed by atoms with van der Waals surface area (Å²) in [5.41, 5.74) is 1.06. The van der Waals surface area contributed by atoms with Crippen LogP contribution in [-0.2, 0) is 4.79 Å². The van der Waals surface area contributed by atoms with E-state index in [1.54, 1.807) is 19.2 Å². The molecule has 25 heavy (non-hydrogen) atoms. The third kappa shape index (κ3) is 3.15. The molecular formula is C19H26ClN3O2. The van der Waals surface area contributed by atoms with Gasteiger partial charge in [0.05, 0.1) is 11.5 Å². The molecule has 6 heteroatoms. The van der Waals surface area contributed by atoms with E-state index in [2.05, 4.69) is 17.3 Å². The van der Waals surface area contributed by atoms with Gasteiger partial charge in [-0.25, -0.2) is 0 Å². The molecule has 2 amide bonds. The Hall–Kier alpha value is -1.59. The van der Waals surface area contributed by atoms with E-state index in [4.69, 9.17) is 11.6 Å². The average Bonchev–Trinajstić information content (AvgIpc) is 2.62. The fourth-order valence-electron chi connectivity index (χ4n) is 4.34. The van der Waals surface area contributed by atoms with Gasteiger partial charge in [0.25, 0.3) is 5.91 Å². The molecule has 0 radical (unpaired) electrons. The number of amides is 2. The lowest BCUT2D eigenvalue weighted by molar-refractivity contribution is -0.141. The Kier molecular flexibility index (Phi) is 5.07. The zero-order chi connectivity index (χ0) is 18.2. The number of nitrogens with one attached hydrogen (secondary N) is 1. The molecule has 0 saturated carbocycles. The fourth-order valence-corrected chi connectivity index (χ4v) is 4.46. The minimum absolute atomic E-state index is 0.00644. The number of carbonyl (C=O) groups excluding carboxylic acids is 2. The van der Waals surface area contributed by atoms with Gasteiger partial charge < -0.3 is 15.1 Å². The summed E-state index contributed by atoms with van der Waals surface area (Å²) in [6.45, 7) is 4.20. The van der Waals surface area contributed by atoms with Crippen LogP contribution in [0.3, 0.4) is 0 Å². The first-order chi connectivity index (χ1) is 11.9. The number of aryl methyl sites for hydroxylation is 1. The lowest BCUT2D eigenvalue weighted by Crippen LogP contribution is -2.66. The summed E-state index contributed by atoms with van der Waals surface area (Å²) in [5, 5.41) is 3.50. The summed E-state index contributed by atoms with van der Waals surface area (Å²) in [6.07, 6.45) is 2.48. The van der Waals surface area contributed by atoms with Gasteiger partial charge in [-0.3, -0.25) is 9.59 Å². The van der Waals surface area contributed by atoms with Crippen molar-refractivity contribution in [2.45, 2.75) is 32.2 Å². The second kappa shape index (κ2) is 6.96. The number of likely N-dealkylation sites (tertiary alicyclic amines) is 2. The van der Waals surface area contributed by atoms with Crippen LogP contribution < -0.4 is 5.32 Å². The second-order valence-corrected chi connectivity index (χ2v) is 7.74. The first-order valence-corrected chi connectivity index (χ1v) is 9.24. The summed E-state index contributed by atoms with van der Waals surface area (Å²) >= 11 is 6.10. The van der Waals surface area contributed by atoms with Gasteiger partial charge in [-0.05, 0) is 63.5 Å². The average molecular weight is 364 g/mol. The van der Waals surface area contributed by atoms with E-state index < -0.39 is 5.41 Å². The third-order valence-corrected chi connectivity index (χ3v) is 6.23. The number of fused-ring (bicyclic) bond motifs is 1. The highest BCUT2D eigenvalue weighted by molar-refractivity contribution is 6.31. The van der Waals surface area contributed by atoms with Crippen molar-refractivity contribution in [1.29, 1.82) is 0 Å². The molecule has 0 spiro atoms. The predicted octanol–water partition coefficient (Wildman–Crippen LogP) is 2.32. The van der Waals surface area contributed by atoms with Crippen molar-refractivity contribution in [1.82, 2.24) is 15.1 Å². The Balaban J connectivity index is 1.95. The van der Waals surface area contributed by atoms with Gasteiger partial charge in [-0.2, -0.15) is 0 Å². The zero-order valence-corrected chi connectivity index (χ0v) is 15.9. The van der Waals surface area contributed by atoms with Crippen molar-refractivity contribution in [3.05, 3.63) is 34.3 Å². The normalized spacial score (nSPS) is 26.9. The monoisotopic (exact) mass is 363 g/mol. The van der Waals surface area contributed by atoms with E-state index >= 15 is 0 Å². The van der Waals surface area contributed by atoms with E-state index in [1.165, 1.54) is 0 Å². The lowest BCUT2D eigenvalue weighted by Gasteiger charge is -2.53. The highest BCUT2D eigenvalue weighted by Crippen LogP contribution is 2.43. The number of benzene rings is 1. The molecule has 136 valence electrons. The van der Waals surface area contributed by atoms with Crippen molar-refractivity contribution >= 4 is 23.4 Å².